The molecule has 0 radical (unpaired) electrons. The molecular formula is C22H19N5O2S. The number of rotatable bonds is 3. The zero-order chi connectivity index (χ0) is 20.9. The number of aliphatic imine (C=N–C) groups is 2. The number of fused-ring (bicyclic) bond motifs is 1. The van der Waals surface area contributed by atoms with Gasteiger partial charge in [0.05, 0.1) is 12.8 Å². The van der Waals surface area contributed by atoms with Crippen LogP contribution in [0.15, 0.2) is 62.6 Å². The fourth-order valence-corrected chi connectivity index (χ4v) is 3.86. The molecule has 0 bridgehead atoms. The molecule has 3 aromatic heterocycles. The first-order chi connectivity index (χ1) is 14.7. The number of nitrogens with one attached hydrogen (secondary N) is 2. The minimum atomic E-state index is -0.347. The van der Waals surface area contributed by atoms with Crippen LogP contribution in [0.1, 0.15) is 34.7 Å². The quantitative estimate of drug-likeness (QED) is 0.641. The number of carbonyl (C=O) groups excluding carboxylic acids is 1. The Balaban J connectivity index is 1.74. The summed E-state index contributed by atoms with van der Waals surface area (Å²) < 4.78 is 5.65. The van der Waals surface area contributed by atoms with Gasteiger partial charge in [-0.2, -0.15) is 0 Å². The van der Waals surface area contributed by atoms with Gasteiger partial charge in [0, 0.05) is 41.6 Å². The molecule has 0 aromatic carbocycles. The third kappa shape index (κ3) is 4.16. The van der Waals surface area contributed by atoms with Crippen LogP contribution in [-0.2, 0) is 4.79 Å². The Bertz CT molecular complexity index is 1180. The molecule has 3 aromatic rings. The van der Waals surface area contributed by atoms with Gasteiger partial charge in [-0.1, -0.05) is 11.8 Å². The number of hydrogen-bond donors (Lipinski definition) is 2. The van der Waals surface area contributed by atoms with Crippen molar-refractivity contribution < 1.29 is 9.21 Å². The van der Waals surface area contributed by atoms with E-state index in [1.807, 2.05) is 42.8 Å². The number of likely N-dealkylation sites (N-methyl/N-ethyl adjacent to an activating group) is 1. The lowest BCUT2D eigenvalue weighted by Gasteiger charge is -2.12. The van der Waals surface area contributed by atoms with Crippen LogP contribution in [-0.4, -0.2) is 36.0 Å². The Morgan fingerprint density at radius 1 is 1.33 bits per heavy atom. The molecule has 0 aliphatic carbocycles. The van der Waals surface area contributed by atoms with Gasteiger partial charge in [0.1, 0.15) is 17.6 Å². The Kier molecular flexibility index (Phi) is 5.72. The molecule has 150 valence electrons. The summed E-state index contributed by atoms with van der Waals surface area (Å²) in [4.78, 5) is 26.1. The van der Waals surface area contributed by atoms with E-state index in [1.165, 1.54) is 6.92 Å². The SMILES string of the molecule is CNC1=Nc2ncccc2C(c2ccco2)=NC1c1cc(C#CCNC(C)=O)cs1. The van der Waals surface area contributed by atoms with Gasteiger partial charge in [0.25, 0.3) is 0 Å². The monoisotopic (exact) mass is 417 g/mol. The molecule has 30 heavy (non-hydrogen) atoms. The maximum absolute atomic E-state index is 11.0. The van der Waals surface area contributed by atoms with E-state index in [1.54, 1.807) is 23.8 Å². The summed E-state index contributed by atoms with van der Waals surface area (Å²) in [7, 11) is 1.82. The smallest absolute Gasteiger partial charge is 0.217 e. The van der Waals surface area contributed by atoms with Gasteiger partial charge in [-0.05, 0) is 30.3 Å². The highest BCUT2D eigenvalue weighted by molar-refractivity contribution is 7.10. The van der Waals surface area contributed by atoms with E-state index in [2.05, 4.69) is 27.5 Å². The first-order valence-corrected chi connectivity index (χ1v) is 10.2. The zero-order valence-electron chi connectivity index (χ0n) is 16.5. The molecule has 7 nitrogen and oxygen atoms in total. The van der Waals surface area contributed by atoms with Crippen molar-refractivity contribution in [3.05, 3.63) is 69.9 Å². The molecule has 2 N–H and O–H groups in total. The number of carbonyl (C=O) groups is 1. The number of thiophene rings is 1. The largest absolute Gasteiger partial charge is 0.463 e. The highest BCUT2D eigenvalue weighted by Gasteiger charge is 2.26. The predicted molar refractivity (Wildman–Crippen MR) is 117 cm³/mol. The van der Waals surface area contributed by atoms with E-state index in [4.69, 9.17) is 14.4 Å². The summed E-state index contributed by atoms with van der Waals surface area (Å²) >= 11 is 1.56. The van der Waals surface area contributed by atoms with Crippen LogP contribution >= 0.6 is 11.3 Å². The molecule has 1 aliphatic rings. The van der Waals surface area contributed by atoms with Crippen molar-refractivity contribution in [2.75, 3.05) is 13.6 Å². The first-order valence-electron chi connectivity index (χ1n) is 9.31. The third-order valence-corrected chi connectivity index (χ3v) is 5.33. The maximum Gasteiger partial charge on any atom is 0.217 e. The second kappa shape index (κ2) is 8.76. The normalized spacial score (nSPS) is 15.1. The molecule has 1 atom stereocenters. The van der Waals surface area contributed by atoms with E-state index >= 15 is 0 Å². The van der Waals surface area contributed by atoms with Crippen LogP contribution < -0.4 is 10.6 Å². The van der Waals surface area contributed by atoms with Crippen molar-refractivity contribution >= 4 is 34.6 Å². The number of hydrogen-bond acceptors (Lipinski definition) is 7. The van der Waals surface area contributed by atoms with Crippen LogP contribution in [0, 0.1) is 11.8 Å². The summed E-state index contributed by atoms with van der Waals surface area (Å²) in [6.45, 7) is 1.78. The lowest BCUT2D eigenvalue weighted by molar-refractivity contribution is -0.118. The number of pyridine rings is 1. The molecule has 1 aliphatic heterocycles. The van der Waals surface area contributed by atoms with Crippen molar-refractivity contribution in [2.45, 2.75) is 13.0 Å². The fraction of sp³-hybridized carbons (Fsp3) is 0.182. The Morgan fingerprint density at radius 2 is 2.23 bits per heavy atom. The molecule has 8 heteroatoms. The summed E-state index contributed by atoms with van der Waals surface area (Å²) in [6, 6.07) is 9.16. The van der Waals surface area contributed by atoms with E-state index < -0.39 is 0 Å². The maximum atomic E-state index is 11.0. The van der Waals surface area contributed by atoms with Crippen LogP contribution in [0.25, 0.3) is 0 Å². The zero-order valence-corrected chi connectivity index (χ0v) is 17.3. The van der Waals surface area contributed by atoms with Crippen molar-refractivity contribution in [3.8, 4) is 11.8 Å². The van der Waals surface area contributed by atoms with Gasteiger partial charge < -0.3 is 15.1 Å². The second-order valence-electron chi connectivity index (χ2n) is 6.43. The van der Waals surface area contributed by atoms with Gasteiger partial charge in [0.2, 0.25) is 5.91 Å². The van der Waals surface area contributed by atoms with Crippen LogP contribution in [0.3, 0.4) is 0 Å². The van der Waals surface area contributed by atoms with E-state index in [0.29, 0.717) is 29.7 Å². The van der Waals surface area contributed by atoms with Gasteiger partial charge in [0.15, 0.2) is 11.6 Å². The number of amides is 1. The highest BCUT2D eigenvalue weighted by Crippen LogP contribution is 2.32. The summed E-state index contributed by atoms with van der Waals surface area (Å²) in [5, 5.41) is 7.81. The van der Waals surface area contributed by atoms with Crippen molar-refractivity contribution in [1.82, 2.24) is 15.6 Å². The first kappa shape index (κ1) is 19.6. The standard InChI is InChI=1S/C22H19N5O2S/c1-14(28)24-9-3-6-15-12-18(30-13-15)20-22(23-2)27-21-16(7-4-10-25-21)19(26-20)17-8-5-11-29-17/h4-5,7-8,10-13,20H,9H2,1-2H3,(H,24,28)(H,23,25,27). The Morgan fingerprint density at radius 3 is 3.00 bits per heavy atom. The topological polar surface area (TPSA) is 91.9 Å². The molecule has 1 unspecified atom stereocenters. The van der Waals surface area contributed by atoms with Crippen molar-refractivity contribution in [3.63, 3.8) is 0 Å². The minimum absolute atomic E-state index is 0.100. The second-order valence-corrected chi connectivity index (χ2v) is 7.37. The van der Waals surface area contributed by atoms with Gasteiger partial charge in [-0.25, -0.2) is 9.98 Å². The number of furan rings is 1. The average Bonchev–Trinajstić information content (AvgIpc) is 3.41. The molecule has 0 saturated carbocycles. The van der Waals surface area contributed by atoms with Crippen LogP contribution in [0.4, 0.5) is 5.82 Å². The van der Waals surface area contributed by atoms with Crippen molar-refractivity contribution in [1.29, 1.82) is 0 Å². The van der Waals surface area contributed by atoms with E-state index in [0.717, 1.165) is 16.0 Å². The molecule has 4 heterocycles. The Labute approximate surface area is 178 Å². The molecular weight excluding hydrogens is 398 g/mol. The fourth-order valence-electron chi connectivity index (χ4n) is 2.98. The molecule has 0 saturated heterocycles. The van der Waals surface area contributed by atoms with Crippen LogP contribution in [0.2, 0.25) is 0 Å². The van der Waals surface area contributed by atoms with Gasteiger partial charge in [-0.15, -0.1) is 11.3 Å². The summed E-state index contributed by atoms with van der Waals surface area (Å²) in [5.41, 5.74) is 2.38. The minimum Gasteiger partial charge on any atom is -0.463 e. The average molecular weight is 417 g/mol. The van der Waals surface area contributed by atoms with E-state index in [9.17, 15) is 4.79 Å². The third-order valence-electron chi connectivity index (χ3n) is 4.34. The van der Waals surface area contributed by atoms with Gasteiger partial charge >= 0.3 is 0 Å². The molecule has 1 amide bonds. The predicted octanol–water partition coefficient (Wildman–Crippen LogP) is 3.07. The lowest BCUT2D eigenvalue weighted by Crippen LogP contribution is -2.24. The van der Waals surface area contributed by atoms with Crippen molar-refractivity contribution in [2.24, 2.45) is 9.98 Å². The molecule has 0 spiro atoms. The number of amidine groups is 1. The summed E-state index contributed by atoms with van der Waals surface area (Å²) in [6.07, 6.45) is 3.34. The highest BCUT2D eigenvalue weighted by atomic mass is 32.1. The molecule has 0 fully saturated rings. The summed E-state index contributed by atoms with van der Waals surface area (Å²) in [5.74, 6) is 7.86. The van der Waals surface area contributed by atoms with E-state index in [-0.39, 0.29) is 11.9 Å². The van der Waals surface area contributed by atoms with Gasteiger partial charge in [-0.3, -0.25) is 9.79 Å². The number of nitrogens with zero attached hydrogens (tertiary/aromatic N) is 3. The molecule has 4 rings (SSSR count). The van der Waals surface area contributed by atoms with Crippen LogP contribution in [0.5, 0.6) is 0 Å². The lowest BCUT2D eigenvalue weighted by atomic mass is 10.1. The Hall–Kier alpha value is -3.70. The number of aromatic nitrogens is 1.